The lowest BCUT2D eigenvalue weighted by molar-refractivity contribution is -0.117. The quantitative estimate of drug-likeness (QED) is 0.840. The summed E-state index contributed by atoms with van der Waals surface area (Å²) in [6, 6.07) is 5.16. The average Bonchev–Trinajstić information content (AvgIpc) is 2.80. The van der Waals surface area contributed by atoms with E-state index in [0.717, 1.165) is 26.1 Å². The second-order valence-corrected chi connectivity index (χ2v) is 6.87. The Morgan fingerprint density at radius 1 is 1.41 bits per heavy atom. The monoisotopic (exact) mass is 365 g/mol. The number of para-hydroxylation sites is 1. The molecule has 1 atom stereocenters. The van der Waals surface area contributed by atoms with E-state index in [2.05, 4.69) is 17.6 Å². The first-order valence-corrected chi connectivity index (χ1v) is 7.78. The van der Waals surface area contributed by atoms with Gasteiger partial charge in [0.05, 0.1) is 22.3 Å². The highest BCUT2D eigenvalue weighted by Crippen LogP contribution is 2.30. The number of hydrogen-bond acceptors (Lipinski definition) is 3. The molecule has 4 nitrogen and oxygen atoms in total. The third kappa shape index (κ3) is 5.28. The molecule has 1 aliphatic heterocycles. The third-order valence-corrected chi connectivity index (χ3v) is 4.38. The van der Waals surface area contributed by atoms with Crippen molar-refractivity contribution in [1.82, 2.24) is 10.2 Å². The van der Waals surface area contributed by atoms with E-state index >= 15 is 0 Å². The van der Waals surface area contributed by atoms with Crippen LogP contribution in [-0.4, -0.2) is 44.0 Å². The Kier molecular flexibility index (Phi) is 7.42. The van der Waals surface area contributed by atoms with E-state index in [-0.39, 0.29) is 23.7 Å². The molecule has 0 radical (unpaired) electrons. The Balaban J connectivity index is 0.00000242. The first kappa shape index (κ1) is 19.5. The van der Waals surface area contributed by atoms with Crippen LogP contribution in [0.15, 0.2) is 18.2 Å². The molecule has 124 valence electrons. The predicted octanol–water partition coefficient (Wildman–Crippen LogP) is 3.29. The summed E-state index contributed by atoms with van der Waals surface area (Å²) in [6.07, 6.45) is 1.13. The molecule has 0 aliphatic carbocycles. The van der Waals surface area contributed by atoms with Crippen LogP contribution in [-0.2, 0) is 4.79 Å². The number of benzene rings is 1. The van der Waals surface area contributed by atoms with Gasteiger partial charge in [0.1, 0.15) is 0 Å². The van der Waals surface area contributed by atoms with Crippen LogP contribution in [0.25, 0.3) is 0 Å². The fraction of sp³-hybridized carbons (Fsp3) is 0.533. The zero-order chi connectivity index (χ0) is 15.5. The number of rotatable bonds is 5. The van der Waals surface area contributed by atoms with Crippen LogP contribution in [0, 0.1) is 5.41 Å². The minimum Gasteiger partial charge on any atom is -0.322 e. The molecule has 1 fully saturated rings. The topological polar surface area (TPSA) is 44.4 Å². The van der Waals surface area contributed by atoms with Crippen LogP contribution in [0.1, 0.15) is 13.3 Å². The van der Waals surface area contributed by atoms with Crippen molar-refractivity contribution in [3.8, 4) is 0 Å². The number of carbonyl (C=O) groups excluding carboxylic acids is 1. The van der Waals surface area contributed by atoms with E-state index in [9.17, 15) is 4.79 Å². The van der Waals surface area contributed by atoms with Crippen LogP contribution < -0.4 is 10.6 Å². The van der Waals surface area contributed by atoms with Crippen molar-refractivity contribution in [3.63, 3.8) is 0 Å². The molecule has 0 saturated carbocycles. The molecule has 2 N–H and O–H groups in total. The standard InChI is InChI=1S/C15H21Cl2N3O.ClH/c1-15(6-7-18-9-15)10-20(2)8-13(21)19-14-11(16)4-3-5-12(14)17;/h3-5,18H,6-10H2,1-2H3,(H,19,21);1H. The molecule has 0 spiro atoms. The van der Waals surface area contributed by atoms with Crippen molar-refractivity contribution in [1.29, 1.82) is 0 Å². The van der Waals surface area contributed by atoms with Gasteiger partial charge < -0.3 is 10.6 Å². The number of halogens is 3. The van der Waals surface area contributed by atoms with Crippen molar-refractivity contribution < 1.29 is 4.79 Å². The average molecular weight is 367 g/mol. The Bertz CT molecular complexity index is 499. The van der Waals surface area contributed by atoms with Crippen molar-refractivity contribution in [2.75, 3.05) is 38.5 Å². The minimum atomic E-state index is -0.109. The van der Waals surface area contributed by atoms with Crippen LogP contribution in [0.5, 0.6) is 0 Å². The molecule has 1 amide bonds. The van der Waals surface area contributed by atoms with Gasteiger partial charge in [-0.25, -0.2) is 0 Å². The molecule has 22 heavy (non-hydrogen) atoms. The number of likely N-dealkylation sites (N-methyl/N-ethyl adjacent to an activating group) is 1. The fourth-order valence-electron chi connectivity index (χ4n) is 2.75. The fourth-order valence-corrected chi connectivity index (χ4v) is 3.24. The lowest BCUT2D eigenvalue weighted by atomic mass is 9.89. The van der Waals surface area contributed by atoms with Crippen molar-refractivity contribution in [2.24, 2.45) is 5.41 Å². The highest BCUT2D eigenvalue weighted by atomic mass is 35.5. The van der Waals surface area contributed by atoms with Crippen LogP contribution in [0.3, 0.4) is 0 Å². The van der Waals surface area contributed by atoms with Gasteiger partial charge in [0.15, 0.2) is 0 Å². The van der Waals surface area contributed by atoms with Gasteiger partial charge in [-0.3, -0.25) is 9.69 Å². The van der Waals surface area contributed by atoms with E-state index in [1.54, 1.807) is 18.2 Å². The molecule has 1 aliphatic rings. The summed E-state index contributed by atoms with van der Waals surface area (Å²) in [5.74, 6) is -0.109. The predicted molar refractivity (Wildman–Crippen MR) is 95.4 cm³/mol. The van der Waals surface area contributed by atoms with E-state index in [1.807, 2.05) is 11.9 Å². The van der Waals surface area contributed by atoms with E-state index < -0.39 is 0 Å². The smallest absolute Gasteiger partial charge is 0.238 e. The molecule has 1 heterocycles. The molecule has 1 aromatic carbocycles. The molecule has 0 bridgehead atoms. The maximum atomic E-state index is 12.1. The van der Waals surface area contributed by atoms with Crippen LogP contribution in [0.2, 0.25) is 10.0 Å². The van der Waals surface area contributed by atoms with Crippen molar-refractivity contribution >= 4 is 47.2 Å². The number of amides is 1. The molecule has 1 saturated heterocycles. The summed E-state index contributed by atoms with van der Waals surface area (Å²) in [6.45, 7) is 5.48. The minimum absolute atomic E-state index is 0. The molecule has 7 heteroatoms. The highest BCUT2D eigenvalue weighted by molar-refractivity contribution is 6.39. The number of carbonyl (C=O) groups is 1. The zero-order valence-corrected chi connectivity index (χ0v) is 15.1. The van der Waals surface area contributed by atoms with E-state index in [1.165, 1.54) is 0 Å². The van der Waals surface area contributed by atoms with Gasteiger partial charge in [-0.05, 0) is 37.6 Å². The molecular weight excluding hydrogens is 345 g/mol. The third-order valence-electron chi connectivity index (χ3n) is 3.75. The largest absolute Gasteiger partial charge is 0.322 e. The summed E-state index contributed by atoms with van der Waals surface area (Å²) in [4.78, 5) is 14.2. The molecular formula is C15H22Cl3N3O. The zero-order valence-electron chi connectivity index (χ0n) is 12.8. The summed E-state index contributed by atoms with van der Waals surface area (Å²) < 4.78 is 0. The van der Waals surface area contributed by atoms with Crippen LogP contribution in [0.4, 0.5) is 5.69 Å². The van der Waals surface area contributed by atoms with Crippen molar-refractivity contribution in [2.45, 2.75) is 13.3 Å². The summed E-state index contributed by atoms with van der Waals surface area (Å²) >= 11 is 12.1. The Hall–Kier alpha value is -0.520. The van der Waals surface area contributed by atoms with Gasteiger partial charge in [-0.1, -0.05) is 36.2 Å². The highest BCUT2D eigenvalue weighted by Gasteiger charge is 2.30. The maximum absolute atomic E-state index is 12.1. The van der Waals surface area contributed by atoms with Gasteiger partial charge in [0.2, 0.25) is 5.91 Å². The number of anilines is 1. The van der Waals surface area contributed by atoms with Gasteiger partial charge >= 0.3 is 0 Å². The maximum Gasteiger partial charge on any atom is 0.238 e. The van der Waals surface area contributed by atoms with Gasteiger partial charge in [-0.2, -0.15) is 0 Å². The first-order valence-electron chi connectivity index (χ1n) is 7.03. The summed E-state index contributed by atoms with van der Waals surface area (Å²) in [5, 5.41) is 7.05. The Labute approximate surface area is 147 Å². The molecule has 2 rings (SSSR count). The van der Waals surface area contributed by atoms with Crippen molar-refractivity contribution in [3.05, 3.63) is 28.2 Å². The number of nitrogens with zero attached hydrogens (tertiary/aromatic N) is 1. The number of hydrogen-bond donors (Lipinski definition) is 2. The number of nitrogens with one attached hydrogen (secondary N) is 2. The molecule has 1 unspecified atom stereocenters. The van der Waals surface area contributed by atoms with Crippen LogP contribution >= 0.6 is 35.6 Å². The van der Waals surface area contributed by atoms with Gasteiger partial charge in [0.25, 0.3) is 0 Å². The summed E-state index contributed by atoms with van der Waals surface area (Å²) in [5.41, 5.74) is 0.713. The lowest BCUT2D eigenvalue weighted by Gasteiger charge is -2.28. The SMILES string of the molecule is CN(CC(=O)Nc1c(Cl)cccc1Cl)CC1(C)CCNC1.Cl. The first-order chi connectivity index (χ1) is 9.89. The second kappa shape index (κ2) is 8.37. The molecule has 1 aromatic rings. The Morgan fingerprint density at radius 2 is 2.05 bits per heavy atom. The second-order valence-electron chi connectivity index (χ2n) is 6.05. The van der Waals surface area contributed by atoms with E-state index in [0.29, 0.717) is 22.3 Å². The summed E-state index contributed by atoms with van der Waals surface area (Å²) in [7, 11) is 1.96. The normalized spacial score (nSPS) is 20.8. The molecule has 0 aromatic heterocycles. The lowest BCUT2D eigenvalue weighted by Crippen LogP contribution is -2.39. The van der Waals surface area contributed by atoms with Gasteiger partial charge in [0, 0.05) is 13.1 Å². The van der Waals surface area contributed by atoms with Gasteiger partial charge in [-0.15, -0.1) is 12.4 Å². The Morgan fingerprint density at radius 3 is 2.59 bits per heavy atom. The van der Waals surface area contributed by atoms with E-state index in [4.69, 9.17) is 23.2 Å².